The second kappa shape index (κ2) is 14.9. The smallest absolute Gasteiger partial charge is 0.406 e. The highest BCUT2D eigenvalue weighted by atomic mass is 35.5. The number of hydrogen-bond donors (Lipinski definition) is 5. The molecule has 9 nitrogen and oxygen atoms in total. The number of hydrogen-bond acceptors (Lipinski definition) is 6. The molecule has 3 rings (SSSR count). The number of halogens is 1. The molecule has 214 valence electrons. The average Bonchev–Trinajstić information content (AvgIpc) is 2.94. The largest absolute Gasteiger partial charge is 0.453 e. The number of rotatable bonds is 11. The Morgan fingerprint density at radius 1 is 1.24 bits per heavy atom. The van der Waals surface area contributed by atoms with Gasteiger partial charge in [0.1, 0.15) is 0 Å². The van der Waals surface area contributed by atoms with E-state index < -0.39 is 23.8 Å². The van der Waals surface area contributed by atoms with Crippen LogP contribution in [0.5, 0.6) is 0 Å². The molecule has 4 unspecified atom stereocenters. The summed E-state index contributed by atoms with van der Waals surface area (Å²) >= 11 is 6.28. The van der Waals surface area contributed by atoms with Gasteiger partial charge >= 0.3 is 12.1 Å². The van der Waals surface area contributed by atoms with Gasteiger partial charge < -0.3 is 36.2 Å². The van der Waals surface area contributed by atoms with Crippen LogP contribution in [0.25, 0.3) is 0 Å². The van der Waals surface area contributed by atoms with Gasteiger partial charge in [-0.2, -0.15) is 0 Å². The van der Waals surface area contributed by atoms with Crippen LogP contribution in [0.4, 0.5) is 9.59 Å². The van der Waals surface area contributed by atoms with Crippen LogP contribution in [0, 0.1) is 11.8 Å². The Morgan fingerprint density at radius 2 is 2.00 bits per heavy atom. The van der Waals surface area contributed by atoms with E-state index in [1.807, 2.05) is 12.1 Å². The van der Waals surface area contributed by atoms with Crippen molar-refractivity contribution in [3.63, 3.8) is 0 Å². The van der Waals surface area contributed by atoms with Crippen molar-refractivity contribution in [1.29, 1.82) is 0 Å². The SMILES string of the molecule is COC(=O)NCCCC(O)(c1cccc(Cl)c1)C1CCCN(C(=O)NC(CC2CCCCC2)C(O)CN)C1. The summed E-state index contributed by atoms with van der Waals surface area (Å²) in [6.45, 7) is 1.39. The van der Waals surface area contributed by atoms with E-state index in [9.17, 15) is 19.8 Å². The predicted molar refractivity (Wildman–Crippen MR) is 148 cm³/mol. The molecule has 0 aromatic heterocycles. The maximum Gasteiger partial charge on any atom is 0.406 e. The van der Waals surface area contributed by atoms with Crippen LogP contribution in [-0.2, 0) is 10.3 Å². The summed E-state index contributed by atoms with van der Waals surface area (Å²) < 4.78 is 4.64. The number of piperidine rings is 1. The average molecular weight is 553 g/mol. The molecule has 1 aromatic carbocycles. The van der Waals surface area contributed by atoms with Gasteiger partial charge in [-0.1, -0.05) is 55.8 Å². The van der Waals surface area contributed by atoms with Crippen LogP contribution < -0.4 is 16.4 Å². The van der Waals surface area contributed by atoms with Crippen molar-refractivity contribution in [2.75, 3.05) is 33.3 Å². The first-order valence-corrected chi connectivity index (χ1v) is 14.4. The van der Waals surface area contributed by atoms with Crippen LogP contribution in [0.1, 0.15) is 69.8 Å². The molecule has 1 saturated carbocycles. The number of benzene rings is 1. The lowest BCUT2D eigenvalue weighted by molar-refractivity contribution is -0.0554. The Hall–Kier alpha value is -2.07. The van der Waals surface area contributed by atoms with Gasteiger partial charge in [-0.05, 0) is 55.7 Å². The number of carbonyl (C=O) groups is 2. The normalized spacial score (nSPS) is 21.7. The lowest BCUT2D eigenvalue weighted by Crippen LogP contribution is -2.55. The van der Waals surface area contributed by atoms with Gasteiger partial charge in [-0.3, -0.25) is 0 Å². The van der Waals surface area contributed by atoms with E-state index in [2.05, 4.69) is 15.4 Å². The molecule has 2 aliphatic rings. The van der Waals surface area contributed by atoms with E-state index >= 15 is 0 Å². The molecule has 0 bridgehead atoms. The summed E-state index contributed by atoms with van der Waals surface area (Å²) in [5.41, 5.74) is 5.24. The molecular formula is C28H45ClN4O5. The first-order valence-electron chi connectivity index (χ1n) is 14.0. The van der Waals surface area contributed by atoms with Gasteiger partial charge in [0.15, 0.2) is 0 Å². The third kappa shape index (κ3) is 8.46. The first kappa shape index (κ1) is 30.5. The molecule has 10 heteroatoms. The first-order chi connectivity index (χ1) is 18.3. The fraction of sp³-hybridized carbons (Fsp3) is 0.714. The maximum atomic E-state index is 13.4. The Kier molecular flexibility index (Phi) is 12.0. The number of urea groups is 1. The standard InChI is InChI=1S/C28H45ClN4O5/c1-38-27(36)31-14-7-13-28(37,21-10-5-12-23(29)17-21)22-11-6-15-33(19-22)26(35)32-24(25(34)18-30)16-20-8-3-2-4-9-20/h5,10,12,17,20,22,24-25,34,37H,2-4,6-9,11,13-16,18-19,30H2,1H3,(H,31,36)(H,32,35). The summed E-state index contributed by atoms with van der Waals surface area (Å²) in [6.07, 6.45) is 7.66. The second-order valence-electron chi connectivity index (χ2n) is 10.8. The zero-order chi connectivity index (χ0) is 27.5. The van der Waals surface area contributed by atoms with Gasteiger partial charge in [0.25, 0.3) is 0 Å². The molecule has 1 heterocycles. The number of alkyl carbamates (subject to hydrolysis) is 1. The topological polar surface area (TPSA) is 137 Å². The minimum absolute atomic E-state index is 0.0917. The van der Waals surface area contributed by atoms with Crippen molar-refractivity contribution in [3.8, 4) is 0 Å². The number of ether oxygens (including phenoxy) is 1. The third-order valence-corrected chi connectivity index (χ3v) is 8.46. The number of carbonyl (C=O) groups excluding carboxylic acids is 2. The zero-order valence-electron chi connectivity index (χ0n) is 22.5. The number of nitrogens with zero attached hydrogens (tertiary/aromatic N) is 1. The summed E-state index contributed by atoms with van der Waals surface area (Å²) in [4.78, 5) is 26.6. The van der Waals surface area contributed by atoms with Crippen molar-refractivity contribution < 1.29 is 24.5 Å². The van der Waals surface area contributed by atoms with Crippen molar-refractivity contribution in [1.82, 2.24) is 15.5 Å². The molecule has 2 fully saturated rings. The molecule has 4 atom stereocenters. The highest BCUT2D eigenvalue weighted by molar-refractivity contribution is 6.30. The summed E-state index contributed by atoms with van der Waals surface area (Å²) in [6, 6.07) is 6.58. The highest BCUT2D eigenvalue weighted by Crippen LogP contribution is 2.40. The van der Waals surface area contributed by atoms with Crippen LogP contribution in [-0.4, -0.2) is 72.7 Å². The molecule has 1 aliphatic carbocycles. The number of likely N-dealkylation sites (tertiary alicyclic amines) is 1. The maximum absolute atomic E-state index is 13.4. The highest BCUT2D eigenvalue weighted by Gasteiger charge is 2.41. The molecule has 6 N–H and O–H groups in total. The fourth-order valence-corrected chi connectivity index (χ4v) is 6.21. The number of nitrogens with two attached hydrogens (primary N) is 1. The molecule has 0 radical (unpaired) electrons. The number of aliphatic hydroxyl groups is 2. The summed E-state index contributed by atoms with van der Waals surface area (Å²) in [7, 11) is 1.31. The van der Waals surface area contributed by atoms with Gasteiger partial charge in [-0.15, -0.1) is 0 Å². The molecular weight excluding hydrogens is 508 g/mol. The van der Waals surface area contributed by atoms with E-state index in [0.29, 0.717) is 49.0 Å². The van der Waals surface area contributed by atoms with Crippen LogP contribution in [0.3, 0.4) is 0 Å². The van der Waals surface area contributed by atoms with Crippen molar-refractivity contribution in [2.24, 2.45) is 17.6 Å². The van der Waals surface area contributed by atoms with Crippen molar-refractivity contribution in [3.05, 3.63) is 34.9 Å². The Bertz CT molecular complexity index is 900. The van der Waals surface area contributed by atoms with Crippen LogP contribution in [0.15, 0.2) is 24.3 Å². The lowest BCUT2D eigenvalue weighted by Gasteiger charge is -2.43. The van der Waals surface area contributed by atoms with Gasteiger partial charge in [0.2, 0.25) is 0 Å². The van der Waals surface area contributed by atoms with E-state index in [4.69, 9.17) is 17.3 Å². The van der Waals surface area contributed by atoms with E-state index in [1.165, 1.54) is 26.4 Å². The zero-order valence-corrected chi connectivity index (χ0v) is 23.3. The number of amides is 3. The van der Waals surface area contributed by atoms with Gasteiger partial charge in [-0.25, -0.2) is 9.59 Å². The minimum atomic E-state index is -1.24. The van der Waals surface area contributed by atoms with Gasteiger partial charge in [0.05, 0.1) is 24.9 Å². The Balaban J connectivity index is 1.70. The minimum Gasteiger partial charge on any atom is -0.453 e. The van der Waals surface area contributed by atoms with Gasteiger partial charge in [0, 0.05) is 37.1 Å². The molecule has 1 aromatic rings. The van der Waals surface area contributed by atoms with Crippen molar-refractivity contribution >= 4 is 23.7 Å². The second-order valence-corrected chi connectivity index (χ2v) is 11.3. The van der Waals surface area contributed by atoms with E-state index in [0.717, 1.165) is 32.1 Å². The van der Waals surface area contributed by atoms with E-state index in [-0.39, 0.29) is 18.5 Å². The number of nitrogens with one attached hydrogen (secondary N) is 2. The van der Waals surface area contributed by atoms with Crippen molar-refractivity contribution in [2.45, 2.75) is 82.0 Å². The molecule has 38 heavy (non-hydrogen) atoms. The molecule has 1 saturated heterocycles. The number of aliphatic hydroxyl groups excluding tert-OH is 1. The molecule has 1 aliphatic heterocycles. The number of methoxy groups -OCH3 is 1. The van der Waals surface area contributed by atoms with Crippen LogP contribution >= 0.6 is 11.6 Å². The lowest BCUT2D eigenvalue weighted by atomic mass is 9.74. The van der Waals surface area contributed by atoms with E-state index in [1.54, 1.807) is 17.0 Å². The summed E-state index contributed by atoms with van der Waals surface area (Å²) in [5, 5.41) is 28.9. The fourth-order valence-electron chi connectivity index (χ4n) is 6.02. The molecule has 3 amide bonds. The quantitative estimate of drug-likeness (QED) is 0.265. The monoisotopic (exact) mass is 552 g/mol. The Labute approximate surface area is 231 Å². The Morgan fingerprint density at radius 3 is 2.68 bits per heavy atom. The summed E-state index contributed by atoms with van der Waals surface area (Å²) in [5.74, 6) is 0.255. The predicted octanol–water partition coefficient (Wildman–Crippen LogP) is 3.74. The van der Waals surface area contributed by atoms with Crippen LogP contribution in [0.2, 0.25) is 5.02 Å². The third-order valence-electron chi connectivity index (χ3n) is 8.22. The molecule has 0 spiro atoms.